The fourth-order valence-electron chi connectivity index (χ4n) is 2.79. The van der Waals surface area contributed by atoms with Gasteiger partial charge in [0.1, 0.15) is 18.7 Å². The van der Waals surface area contributed by atoms with E-state index < -0.39 is 30.0 Å². The zero-order chi connectivity index (χ0) is 22.1. The van der Waals surface area contributed by atoms with Crippen molar-refractivity contribution in [3.63, 3.8) is 0 Å². The number of rotatable bonds is 9. The molecule has 0 aliphatic carbocycles. The van der Waals surface area contributed by atoms with Crippen molar-refractivity contribution in [2.75, 3.05) is 0 Å². The Bertz CT molecular complexity index is 874. The van der Waals surface area contributed by atoms with Crippen LogP contribution >= 0.6 is 15.9 Å². The van der Waals surface area contributed by atoms with Crippen molar-refractivity contribution in [3.05, 3.63) is 70.2 Å². The second kappa shape index (κ2) is 11.3. The quantitative estimate of drug-likeness (QED) is 0.517. The van der Waals surface area contributed by atoms with Gasteiger partial charge in [-0.3, -0.25) is 9.59 Å². The Kier molecular flexibility index (Phi) is 8.86. The molecule has 2 aromatic rings. The maximum atomic E-state index is 12.8. The van der Waals surface area contributed by atoms with E-state index in [1.807, 2.05) is 54.6 Å². The van der Waals surface area contributed by atoms with Crippen molar-refractivity contribution in [2.24, 2.45) is 11.7 Å². The van der Waals surface area contributed by atoms with Crippen LogP contribution < -0.4 is 16.4 Å². The van der Waals surface area contributed by atoms with Gasteiger partial charge in [-0.25, -0.2) is 4.79 Å². The lowest BCUT2D eigenvalue weighted by molar-refractivity contribution is -0.129. The third kappa shape index (κ3) is 7.18. The molecule has 8 heteroatoms. The summed E-state index contributed by atoms with van der Waals surface area (Å²) in [6.45, 7) is 3.66. The number of hydrogen-bond donors (Lipinski definition) is 3. The topological polar surface area (TPSA) is 111 Å². The van der Waals surface area contributed by atoms with Crippen LogP contribution in [0, 0.1) is 5.92 Å². The van der Waals surface area contributed by atoms with E-state index in [-0.39, 0.29) is 18.9 Å². The van der Waals surface area contributed by atoms with Crippen LogP contribution in [0.1, 0.15) is 25.0 Å². The first kappa shape index (κ1) is 23.4. The lowest BCUT2D eigenvalue weighted by atomic mass is 10.0. The van der Waals surface area contributed by atoms with Crippen LogP contribution in [0.2, 0.25) is 0 Å². The van der Waals surface area contributed by atoms with Gasteiger partial charge in [-0.1, -0.05) is 78.3 Å². The van der Waals surface area contributed by atoms with Crippen LogP contribution in [0.4, 0.5) is 4.79 Å². The summed E-state index contributed by atoms with van der Waals surface area (Å²) in [6.07, 6.45) is -0.486. The van der Waals surface area contributed by atoms with Crippen molar-refractivity contribution < 1.29 is 19.1 Å². The SMILES string of the molecule is CC(C)[C@@H](NC(=O)OCc1ccccc1)C(=O)N[C@H](Cc1ccccc1Br)C(N)=O. The average molecular weight is 476 g/mol. The van der Waals surface area contributed by atoms with Gasteiger partial charge in [0.25, 0.3) is 0 Å². The van der Waals surface area contributed by atoms with E-state index in [9.17, 15) is 14.4 Å². The molecule has 0 unspecified atom stereocenters. The van der Waals surface area contributed by atoms with Crippen molar-refractivity contribution in [3.8, 4) is 0 Å². The van der Waals surface area contributed by atoms with Gasteiger partial charge in [0.05, 0.1) is 0 Å². The maximum Gasteiger partial charge on any atom is 0.408 e. The fourth-order valence-corrected chi connectivity index (χ4v) is 3.24. The van der Waals surface area contributed by atoms with Crippen LogP contribution in [-0.4, -0.2) is 30.0 Å². The average Bonchev–Trinajstić information content (AvgIpc) is 2.71. The number of benzene rings is 2. The summed E-state index contributed by atoms with van der Waals surface area (Å²) in [4.78, 5) is 36.9. The molecule has 0 heterocycles. The second-order valence-electron chi connectivity index (χ2n) is 7.19. The molecule has 0 aromatic heterocycles. The van der Waals surface area contributed by atoms with Crippen molar-refractivity contribution in [1.29, 1.82) is 0 Å². The summed E-state index contributed by atoms with van der Waals surface area (Å²) in [5.74, 6) is -1.39. The number of carbonyl (C=O) groups excluding carboxylic acids is 3. The van der Waals surface area contributed by atoms with Crippen molar-refractivity contribution in [1.82, 2.24) is 10.6 Å². The van der Waals surface area contributed by atoms with Crippen LogP contribution in [0.15, 0.2) is 59.1 Å². The molecule has 2 atom stereocenters. The zero-order valence-corrected chi connectivity index (χ0v) is 18.5. The molecule has 3 amide bonds. The highest BCUT2D eigenvalue weighted by Gasteiger charge is 2.28. The molecule has 0 aliphatic rings. The first-order valence-corrected chi connectivity index (χ1v) is 10.4. The number of nitrogens with one attached hydrogen (secondary N) is 2. The monoisotopic (exact) mass is 475 g/mol. The summed E-state index contributed by atoms with van der Waals surface area (Å²) >= 11 is 3.42. The van der Waals surface area contributed by atoms with Gasteiger partial charge in [-0.05, 0) is 23.1 Å². The lowest BCUT2D eigenvalue weighted by Gasteiger charge is -2.24. The summed E-state index contributed by atoms with van der Waals surface area (Å²) in [5.41, 5.74) is 7.16. The molecule has 0 bridgehead atoms. The molecule has 0 fully saturated rings. The van der Waals surface area contributed by atoms with Gasteiger partial charge in [0, 0.05) is 10.9 Å². The molecule has 30 heavy (non-hydrogen) atoms. The summed E-state index contributed by atoms with van der Waals surface area (Å²) in [5, 5.41) is 5.22. The molecule has 0 aliphatic heterocycles. The third-order valence-corrected chi connectivity index (χ3v) is 5.25. The van der Waals surface area contributed by atoms with E-state index in [4.69, 9.17) is 10.5 Å². The number of nitrogens with two attached hydrogens (primary N) is 1. The van der Waals surface area contributed by atoms with E-state index in [1.165, 1.54) is 0 Å². The number of ether oxygens (including phenoxy) is 1. The van der Waals surface area contributed by atoms with Crippen molar-refractivity contribution in [2.45, 2.75) is 39.0 Å². The fraction of sp³-hybridized carbons (Fsp3) is 0.318. The largest absolute Gasteiger partial charge is 0.445 e. The molecule has 0 radical (unpaired) electrons. The number of amides is 3. The minimum absolute atomic E-state index is 0.0883. The number of primary amides is 1. The predicted octanol–water partition coefficient (Wildman–Crippen LogP) is 2.91. The number of hydrogen-bond acceptors (Lipinski definition) is 4. The predicted molar refractivity (Wildman–Crippen MR) is 117 cm³/mol. The number of halogens is 1. The molecule has 7 nitrogen and oxygen atoms in total. The summed E-state index contributed by atoms with van der Waals surface area (Å²) in [7, 11) is 0. The Balaban J connectivity index is 1.99. The molecule has 0 saturated heterocycles. The van der Waals surface area contributed by atoms with Gasteiger partial charge in [0.2, 0.25) is 11.8 Å². The highest BCUT2D eigenvalue weighted by atomic mass is 79.9. The van der Waals surface area contributed by atoms with Crippen LogP contribution in [0.5, 0.6) is 0 Å². The van der Waals surface area contributed by atoms with E-state index >= 15 is 0 Å². The Morgan fingerprint density at radius 2 is 1.63 bits per heavy atom. The van der Waals surface area contributed by atoms with Gasteiger partial charge in [-0.2, -0.15) is 0 Å². The first-order valence-electron chi connectivity index (χ1n) is 9.58. The Morgan fingerprint density at radius 1 is 1.00 bits per heavy atom. The summed E-state index contributed by atoms with van der Waals surface area (Å²) in [6, 6.07) is 14.8. The number of alkyl carbamates (subject to hydrolysis) is 1. The Hall–Kier alpha value is -2.87. The molecule has 0 saturated carbocycles. The summed E-state index contributed by atoms with van der Waals surface area (Å²) < 4.78 is 6.01. The number of carbonyl (C=O) groups is 3. The standard InChI is InChI=1S/C22H26BrN3O4/c1-14(2)19(26-22(29)30-13-15-8-4-3-5-9-15)21(28)25-18(20(24)27)12-16-10-6-7-11-17(16)23/h3-11,14,18-19H,12-13H2,1-2H3,(H2,24,27)(H,25,28)(H,26,29)/t18-,19-/m1/s1. The lowest BCUT2D eigenvalue weighted by Crippen LogP contribution is -2.55. The highest BCUT2D eigenvalue weighted by Crippen LogP contribution is 2.17. The van der Waals surface area contributed by atoms with Crippen LogP contribution in [0.25, 0.3) is 0 Å². The van der Waals surface area contributed by atoms with Gasteiger partial charge in [-0.15, -0.1) is 0 Å². The van der Waals surface area contributed by atoms with Gasteiger partial charge < -0.3 is 21.1 Å². The van der Waals surface area contributed by atoms with E-state index in [0.29, 0.717) is 0 Å². The maximum absolute atomic E-state index is 12.8. The van der Waals surface area contributed by atoms with Crippen LogP contribution in [-0.2, 0) is 27.4 Å². The second-order valence-corrected chi connectivity index (χ2v) is 8.04. The normalized spacial score (nSPS) is 12.7. The molecule has 2 aromatic carbocycles. The molecular formula is C22H26BrN3O4. The third-order valence-electron chi connectivity index (χ3n) is 4.48. The Labute approximate surface area is 184 Å². The molecule has 2 rings (SSSR count). The minimum atomic E-state index is -0.917. The molecule has 0 spiro atoms. The van der Waals surface area contributed by atoms with E-state index in [0.717, 1.165) is 15.6 Å². The van der Waals surface area contributed by atoms with E-state index in [2.05, 4.69) is 26.6 Å². The first-order chi connectivity index (χ1) is 14.3. The zero-order valence-electron chi connectivity index (χ0n) is 16.9. The molecular weight excluding hydrogens is 450 g/mol. The van der Waals surface area contributed by atoms with Crippen molar-refractivity contribution >= 4 is 33.8 Å². The smallest absolute Gasteiger partial charge is 0.408 e. The molecule has 4 N–H and O–H groups in total. The Morgan fingerprint density at radius 3 is 2.23 bits per heavy atom. The van der Waals surface area contributed by atoms with Crippen LogP contribution in [0.3, 0.4) is 0 Å². The van der Waals surface area contributed by atoms with Gasteiger partial charge in [0.15, 0.2) is 0 Å². The van der Waals surface area contributed by atoms with E-state index in [1.54, 1.807) is 13.8 Å². The van der Waals surface area contributed by atoms with Gasteiger partial charge >= 0.3 is 6.09 Å². The molecule has 160 valence electrons. The minimum Gasteiger partial charge on any atom is -0.445 e. The highest BCUT2D eigenvalue weighted by molar-refractivity contribution is 9.10.